The molecule has 10 heavy (non-hydrogen) atoms. The van der Waals surface area contributed by atoms with Crippen LogP contribution in [0.2, 0.25) is 0 Å². The zero-order chi connectivity index (χ0) is 7.40. The van der Waals surface area contributed by atoms with Crippen molar-refractivity contribution in [2.45, 2.75) is 0 Å². The summed E-state index contributed by atoms with van der Waals surface area (Å²) < 4.78 is 1.52. The Morgan fingerprint density at radius 2 is 2.10 bits per heavy atom. The number of hydrogen-bond acceptors (Lipinski definition) is 1. The lowest BCUT2D eigenvalue weighted by Gasteiger charge is -1.87. The lowest BCUT2D eigenvalue weighted by molar-refractivity contribution is -0.885. The van der Waals surface area contributed by atoms with Crippen molar-refractivity contribution < 1.29 is 9.57 Å². The molecular formula is C7H7N2O+. The van der Waals surface area contributed by atoms with Gasteiger partial charge in [0.15, 0.2) is 5.69 Å². The summed E-state index contributed by atoms with van der Waals surface area (Å²) in [6, 6.07) is 3.38. The smallest absolute Gasteiger partial charge is 0.212 e. The van der Waals surface area contributed by atoms with E-state index in [4.69, 9.17) is 11.4 Å². The fourth-order valence-electron chi connectivity index (χ4n) is 0.601. The molecule has 3 nitrogen and oxygen atoms in total. The van der Waals surface area contributed by atoms with Gasteiger partial charge in [0.25, 0.3) is 0 Å². The molecule has 0 aliphatic rings. The molecule has 0 fully saturated rings. The molecule has 0 aromatic carbocycles. The molecule has 0 amide bonds. The minimum Gasteiger partial charge on any atom is -0.275 e. The first-order valence-corrected chi connectivity index (χ1v) is 2.80. The van der Waals surface area contributed by atoms with Gasteiger partial charge in [-0.1, -0.05) is 0 Å². The molecule has 50 valence electrons. The summed E-state index contributed by atoms with van der Waals surface area (Å²) in [5, 5.41) is 0. The van der Waals surface area contributed by atoms with E-state index in [1.165, 1.54) is 4.73 Å². The maximum atomic E-state index is 6.65. The molecule has 0 saturated carbocycles. The molecule has 1 rings (SSSR count). The molecule has 0 bridgehead atoms. The van der Waals surface area contributed by atoms with Gasteiger partial charge in [-0.3, -0.25) is 4.84 Å². The van der Waals surface area contributed by atoms with Crippen LogP contribution in [0.15, 0.2) is 24.5 Å². The predicted molar refractivity (Wildman–Crippen MR) is 35.4 cm³/mol. The van der Waals surface area contributed by atoms with Gasteiger partial charge in [-0.05, 0) is 0 Å². The molecule has 3 heteroatoms. The third-order valence-electron chi connectivity index (χ3n) is 1.12. The van der Waals surface area contributed by atoms with E-state index in [9.17, 15) is 0 Å². The van der Waals surface area contributed by atoms with Crippen molar-refractivity contribution in [3.63, 3.8) is 0 Å². The van der Waals surface area contributed by atoms with Gasteiger partial charge in [0, 0.05) is 16.9 Å². The van der Waals surface area contributed by atoms with Gasteiger partial charge in [-0.15, -0.1) is 0 Å². The van der Waals surface area contributed by atoms with Crippen molar-refractivity contribution in [2.75, 3.05) is 7.11 Å². The van der Waals surface area contributed by atoms with E-state index < -0.39 is 0 Å². The van der Waals surface area contributed by atoms with E-state index in [-0.39, 0.29) is 0 Å². The SMILES string of the molecule is [C-]#[N+]c1cc[n+](OC)cc1. The highest BCUT2D eigenvalue weighted by Crippen LogP contribution is 2.05. The van der Waals surface area contributed by atoms with Crippen molar-refractivity contribution in [1.29, 1.82) is 0 Å². The monoisotopic (exact) mass is 135 g/mol. The Morgan fingerprint density at radius 3 is 2.50 bits per heavy atom. The van der Waals surface area contributed by atoms with Crippen molar-refractivity contribution >= 4 is 5.69 Å². The van der Waals surface area contributed by atoms with Gasteiger partial charge in [-0.2, -0.15) is 0 Å². The highest BCUT2D eigenvalue weighted by molar-refractivity contribution is 5.40. The van der Waals surface area contributed by atoms with Crippen LogP contribution in [0, 0.1) is 6.57 Å². The highest BCUT2D eigenvalue weighted by Gasteiger charge is 1.96. The largest absolute Gasteiger partial charge is 0.275 e. The van der Waals surface area contributed by atoms with Gasteiger partial charge in [-0.25, -0.2) is 4.85 Å². The van der Waals surface area contributed by atoms with Crippen LogP contribution in [0.5, 0.6) is 0 Å². The second-order valence-corrected chi connectivity index (χ2v) is 1.71. The number of nitrogens with zero attached hydrogens (tertiary/aromatic N) is 2. The van der Waals surface area contributed by atoms with Crippen LogP contribution in [0.4, 0.5) is 5.69 Å². The predicted octanol–water partition coefficient (Wildman–Crippen LogP) is 0.583. The Hall–Kier alpha value is -1.56. The number of pyridine rings is 1. The first kappa shape index (κ1) is 6.56. The Morgan fingerprint density at radius 1 is 1.50 bits per heavy atom. The normalized spacial score (nSPS) is 8.40. The van der Waals surface area contributed by atoms with Crippen LogP contribution in [0.25, 0.3) is 4.85 Å². The number of aromatic nitrogens is 1. The van der Waals surface area contributed by atoms with Crippen molar-refractivity contribution in [1.82, 2.24) is 0 Å². The summed E-state index contributed by atoms with van der Waals surface area (Å²) in [6.07, 6.45) is 3.38. The van der Waals surface area contributed by atoms with Gasteiger partial charge in [0.2, 0.25) is 12.4 Å². The van der Waals surface area contributed by atoms with Gasteiger partial charge in [0.1, 0.15) is 7.11 Å². The Bertz CT molecular complexity index is 247. The summed E-state index contributed by atoms with van der Waals surface area (Å²) in [4.78, 5) is 8.05. The minimum absolute atomic E-state index is 0.619. The zero-order valence-electron chi connectivity index (χ0n) is 5.61. The van der Waals surface area contributed by atoms with E-state index >= 15 is 0 Å². The summed E-state index contributed by atoms with van der Waals surface area (Å²) in [6.45, 7) is 6.65. The fourth-order valence-corrected chi connectivity index (χ4v) is 0.601. The van der Waals surface area contributed by atoms with E-state index in [0.717, 1.165) is 0 Å². The lowest BCUT2D eigenvalue weighted by Crippen LogP contribution is -2.38. The summed E-state index contributed by atoms with van der Waals surface area (Å²) >= 11 is 0. The first-order valence-electron chi connectivity index (χ1n) is 2.80. The van der Waals surface area contributed by atoms with E-state index in [2.05, 4.69) is 4.85 Å². The third-order valence-corrected chi connectivity index (χ3v) is 1.12. The van der Waals surface area contributed by atoms with Gasteiger partial charge in [0.05, 0.1) is 6.57 Å². The first-order chi connectivity index (χ1) is 4.86. The standard InChI is InChI=1S/C7H7N2O/c1-8-7-3-5-9(10-2)6-4-7/h3-6H,2H3/q+1. The molecule has 0 aliphatic heterocycles. The third kappa shape index (κ3) is 1.23. The molecule has 1 aromatic rings. The van der Waals surface area contributed by atoms with Crippen LogP contribution in [0.3, 0.4) is 0 Å². The Labute approximate surface area is 59.3 Å². The van der Waals surface area contributed by atoms with E-state index in [0.29, 0.717) is 5.69 Å². The van der Waals surface area contributed by atoms with Crippen molar-refractivity contribution in [3.8, 4) is 0 Å². The van der Waals surface area contributed by atoms with Gasteiger partial charge >= 0.3 is 0 Å². The number of hydrogen-bond donors (Lipinski definition) is 0. The fraction of sp³-hybridized carbons (Fsp3) is 0.143. The quantitative estimate of drug-likeness (QED) is 0.407. The van der Waals surface area contributed by atoms with Crippen LogP contribution in [-0.4, -0.2) is 7.11 Å². The van der Waals surface area contributed by atoms with Crippen LogP contribution in [-0.2, 0) is 0 Å². The second-order valence-electron chi connectivity index (χ2n) is 1.71. The molecule has 0 spiro atoms. The molecule has 0 saturated heterocycles. The van der Waals surface area contributed by atoms with Gasteiger partial charge < -0.3 is 0 Å². The summed E-state index contributed by atoms with van der Waals surface area (Å²) in [5.41, 5.74) is 0.619. The number of rotatable bonds is 1. The molecule has 0 N–H and O–H groups in total. The molecule has 1 aromatic heterocycles. The minimum atomic E-state index is 0.619. The highest BCUT2D eigenvalue weighted by atomic mass is 16.6. The topological polar surface area (TPSA) is 17.5 Å². The Balaban J connectivity index is 2.93. The van der Waals surface area contributed by atoms with Crippen molar-refractivity contribution in [3.05, 3.63) is 35.9 Å². The lowest BCUT2D eigenvalue weighted by atomic mass is 10.4. The summed E-state index contributed by atoms with van der Waals surface area (Å²) in [5.74, 6) is 0. The van der Waals surface area contributed by atoms with Crippen molar-refractivity contribution in [2.24, 2.45) is 0 Å². The maximum Gasteiger partial charge on any atom is 0.212 e. The average Bonchev–Trinajstić information content (AvgIpc) is 2.05. The Kier molecular flexibility index (Phi) is 1.86. The average molecular weight is 135 g/mol. The molecule has 1 heterocycles. The van der Waals surface area contributed by atoms with Crippen LogP contribution < -0.4 is 9.57 Å². The molecule has 0 aliphatic carbocycles. The van der Waals surface area contributed by atoms with Crippen LogP contribution >= 0.6 is 0 Å². The second kappa shape index (κ2) is 2.83. The van der Waals surface area contributed by atoms with E-state index in [1.54, 1.807) is 31.6 Å². The maximum absolute atomic E-state index is 6.65. The molecule has 0 radical (unpaired) electrons. The van der Waals surface area contributed by atoms with Crippen LogP contribution in [0.1, 0.15) is 0 Å². The molecular weight excluding hydrogens is 128 g/mol. The molecule has 0 atom stereocenters. The summed E-state index contributed by atoms with van der Waals surface area (Å²) in [7, 11) is 1.57. The molecule has 0 unspecified atom stereocenters. The van der Waals surface area contributed by atoms with E-state index in [1.807, 2.05) is 0 Å². The zero-order valence-corrected chi connectivity index (χ0v) is 5.61.